The second kappa shape index (κ2) is 6.12. The van der Waals surface area contributed by atoms with Crippen molar-refractivity contribution in [1.29, 1.82) is 0 Å². The van der Waals surface area contributed by atoms with Gasteiger partial charge in [-0.2, -0.15) is 0 Å². The van der Waals surface area contributed by atoms with Crippen LogP contribution in [-0.2, 0) is 15.6 Å². The Hall–Kier alpha value is -0.180. The number of rotatable bonds is 6. The first kappa shape index (κ1) is 13.3. The number of carbonyl (C=O) groups is 1. The third-order valence-corrected chi connectivity index (χ3v) is 6.47. The molecular formula is C14H24O2S. The summed E-state index contributed by atoms with van der Waals surface area (Å²) in [5.41, 5.74) is 0. The van der Waals surface area contributed by atoms with Crippen molar-refractivity contribution in [3.63, 3.8) is 0 Å². The van der Waals surface area contributed by atoms with Crippen molar-refractivity contribution in [2.75, 3.05) is 0 Å². The van der Waals surface area contributed by atoms with Crippen LogP contribution in [0.5, 0.6) is 0 Å². The van der Waals surface area contributed by atoms with E-state index in [1.807, 2.05) is 0 Å². The smallest absolute Gasteiger partial charge is 0.136 e. The Morgan fingerprint density at radius 2 is 1.76 bits per heavy atom. The highest BCUT2D eigenvalue weighted by atomic mass is 32.2. The molecule has 0 spiro atoms. The van der Waals surface area contributed by atoms with Crippen LogP contribution in [0.3, 0.4) is 0 Å². The minimum absolute atomic E-state index is 0.242. The fraction of sp³-hybridized carbons (Fsp3) is 0.929. The van der Waals surface area contributed by atoms with E-state index in [0.717, 1.165) is 38.5 Å². The summed E-state index contributed by atoms with van der Waals surface area (Å²) in [6.45, 7) is 2.19. The maximum absolute atomic E-state index is 12.1. The summed E-state index contributed by atoms with van der Waals surface area (Å²) >= 11 is 0. The zero-order chi connectivity index (χ0) is 12.3. The van der Waals surface area contributed by atoms with Gasteiger partial charge in [-0.1, -0.05) is 26.2 Å². The van der Waals surface area contributed by atoms with Crippen LogP contribution in [0.25, 0.3) is 0 Å². The number of Topliss-reactive ketones (excluding diaryl/α,β-unsaturated/α-hetero) is 1. The lowest BCUT2D eigenvalue weighted by molar-refractivity contribution is -0.123. The molecule has 2 unspecified atom stereocenters. The van der Waals surface area contributed by atoms with E-state index >= 15 is 0 Å². The van der Waals surface area contributed by atoms with Gasteiger partial charge in [0.25, 0.3) is 0 Å². The fourth-order valence-corrected chi connectivity index (χ4v) is 5.35. The molecule has 0 aliphatic carbocycles. The molecule has 17 heavy (non-hydrogen) atoms. The molecule has 2 saturated heterocycles. The SMILES string of the molecule is CCCCCCC(=O)C1CC2CCC(C1)S2=O. The maximum atomic E-state index is 12.1. The molecule has 0 N–H and O–H groups in total. The van der Waals surface area contributed by atoms with Gasteiger partial charge < -0.3 is 0 Å². The van der Waals surface area contributed by atoms with E-state index in [1.54, 1.807) is 0 Å². The Bertz CT molecular complexity index is 285. The standard InChI is InChI=1S/C14H24O2S/c1-2-3-4-5-6-14(15)11-9-12-7-8-13(10-11)17(12)16/h11-13H,2-10H2,1H3. The molecule has 2 rings (SSSR count). The Labute approximate surface area is 107 Å². The van der Waals surface area contributed by atoms with Gasteiger partial charge in [-0.15, -0.1) is 0 Å². The lowest BCUT2D eigenvalue weighted by atomic mass is 9.91. The fourth-order valence-electron chi connectivity index (χ4n) is 3.23. The summed E-state index contributed by atoms with van der Waals surface area (Å²) in [5.74, 6) is 0.696. The number of fused-ring (bicyclic) bond motifs is 2. The van der Waals surface area contributed by atoms with Crippen molar-refractivity contribution in [2.24, 2.45) is 5.92 Å². The summed E-state index contributed by atoms with van der Waals surface area (Å²) in [6, 6.07) is 0. The van der Waals surface area contributed by atoms with Gasteiger partial charge in [0.1, 0.15) is 5.78 Å². The van der Waals surface area contributed by atoms with Gasteiger partial charge in [0.2, 0.25) is 0 Å². The zero-order valence-electron chi connectivity index (χ0n) is 10.8. The van der Waals surface area contributed by atoms with Crippen molar-refractivity contribution in [3.8, 4) is 0 Å². The molecule has 0 aromatic rings. The van der Waals surface area contributed by atoms with Gasteiger partial charge in [0.15, 0.2) is 0 Å². The highest BCUT2D eigenvalue weighted by Gasteiger charge is 2.42. The largest absolute Gasteiger partial charge is 0.299 e. The molecule has 3 heteroatoms. The van der Waals surface area contributed by atoms with Gasteiger partial charge in [0, 0.05) is 33.6 Å². The predicted molar refractivity (Wildman–Crippen MR) is 71.4 cm³/mol. The summed E-state index contributed by atoms with van der Waals surface area (Å²) in [7, 11) is -0.617. The molecule has 2 atom stereocenters. The van der Waals surface area contributed by atoms with Crippen molar-refractivity contribution in [2.45, 2.75) is 75.2 Å². The number of hydrogen-bond acceptors (Lipinski definition) is 2. The van der Waals surface area contributed by atoms with E-state index < -0.39 is 10.8 Å². The minimum Gasteiger partial charge on any atom is -0.299 e. The van der Waals surface area contributed by atoms with Crippen LogP contribution in [0.15, 0.2) is 0 Å². The highest BCUT2D eigenvalue weighted by molar-refractivity contribution is 7.86. The average Bonchev–Trinajstić information content (AvgIpc) is 2.57. The van der Waals surface area contributed by atoms with Crippen LogP contribution >= 0.6 is 0 Å². The lowest BCUT2D eigenvalue weighted by Crippen LogP contribution is -2.32. The van der Waals surface area contributed by atoms with E-state index in [4.69, 9.17) is 0 Å². The van der Waals surface area contributed by atoms with Gasteiger partial charge in [-0.25, -0.2) is 0 Å². The molecule has 0 aromatic carbocycles. The molecule has 2 aliphatic rings. The van der Waals surface area contributed by atoms with Gasteiger partial charge in [-0.3, -0.25) is 9.00 Å². The molecule has 0 radical (unpaired) electrons. The van der Waals surface area contributed by atoms with E-state index in [1.165, 1.54) is 19.3 Å². The van der Waals surface area contributed by atoms with Crippen LogP contribution in [0.4, 0.5) is 0 Å². The van der Waals surface area contributed by atoms with E-state index in [9.17, 15) is 9.00 Å². The third-order valence-electron chi connectivity index (χ3n) is 4.29. The molecule has 98 valence electrons. The number of unbranched alkanes of at least 4 members (excludes halogenated alkanes) is 3. The summed E-state index contributed by atoms with van der Waals surface area (Å²) in [5, 5.41) is 0.691. The predicted octanol–water partition coefficient (Wildman–Crippen LogP) is 3.22. The van der Waals surface area contributed by atoms with Crippen molar-refractivity contribution >= 4 is 16.6 Å². The Morgan fingerprint density at radius 1 is 1.12 bits per heavy atom. The van der Waals surface area contributed by atoms with Gasteiger partial charge in [-0.05, 0) is 32.1 Å². The van der Waals surface area contributed by atoms with E-state index in [-0.39, 0.29) is 5.92 Å². The number of carbonyl (C=O) groups excluding carboxylic acids is 1. The second-order valence-corrected chi connectivity index (χ2v) is 7.59. The molecule has 2 bridgehead atoms. The average molecular weight is 256 g/mol. The molecule has 2 fully saturated rings. The van der Waals surface area contributed by atoms with Crippen molar-refractivity contribution in [3.05, 3.63) is 0 Å². The third kappa shape index (κ3) is 3.18. The van der Waals surface area contributed by atoms with E-state index in [0.29, 0.717) is 16.3 Å². The Balaban J connectivity index is 1.76. The molecule has 0 amide bonds. The zero-order valence-corrected chi connectivity index (χ0v) is 11.6. The first-order valence-corrected chi connectivity index (χ1v) is 8.42. The van der Waals surface area contributed by atoms with Crippen molar-refractivity contribution in [1.82, 2.24) is 0 Å². The second-order valence-electron chi connectivity index (χ2n) is 5.60. The number of ketones is 1. The lowest BCUT2D eigenvalue weighted by Gasteiger charge is -2.26. The minimum atomic E-state index is -0.617. The van der Waals surface area contributed by atoms with Crippen LogP contribution in [0, 0.1) is 5.92 Å². The Morgan fingerprint density at radius 3 is 2.35 bits per heavy atom. The monoisotopic (exact) mass is 256 g/mol. The maximum Gasteiger partial charge on any atom is 0.136 e. The summed E-state index contributed by atoms with van der Waals surface area (Å²) in [4.78, 5) is 12.1. The van der Waals surface area contributed by atoms with E-state index in [2.05, 4.69) is 6.92 Å². The van der Waals surface area contributed by atoms with Crippen molar-refractivity contribution < 1.29 is 9.00 Å². The van der Waals surface area contributed by atoms with Crippen LogP contribution in [0.2, 0.25) is 0 Å². The molecular weight excluding hydrogens is 232 g/mol. The normalized spacial score (nSPS) is 36.1. The van der Waals surface area contributed by atoms with Gasteiger partial charge >= 0.3 is 0 Å². The number of hydrogen-bond donors (Lipinski definition) is 0. The van der Waals surface area contributed by atoms with Crippen LogP contribution < -0.4 is 0 Å². The molecule has 2 nitrogen and oxygen atoms in total. The van der Waals surface area contributed by atoms with Crippen LogP contribution in [-0.4, -0.2) is 20.5 Å². The first-order valence-electron chi connectivity index (χ1n) is 7.14. The van der Waals surface area contributed by atoms with Crippen LogP contribution in [0.1, 0.15) is 64.7 Å². The Kier molecular flexibility index (Phi) is 4.78. The summed E-state index contributed by atoms with van der Waals surface area (Å²) < 4.78 is 11.9. The topological polar surface area (TPSA) is 34.1 Å². The quantitative estimate of drug-likeness (QED) is 0.684. The molecule has 0 saturated carbocycles. The summed E-state index contributed by atoms with van der Waals surface area (Å²) in [6.07, 6.45) is 9.49. The van der Waals surface area contributed by atoms with Gasteiger partial charge in [0.05, 0.1) is 0 Å². The highest BCUT2D eigenvalue weighted by Crippen LogP contribution is 2.39. The molecule has 2 heterocycles. The first-order chi connectivity index (χ1) is 8.22. The molecule has 0 aromatic heterocycles. The molecule has 2 aliphatic heterocycles.